The fourth-order valence-electron chi connectivity index (χ4n) is 9.26. The van der Waals surface area contributed by atoms with Gasteiger partial charge in [-0.1, -0.05) is 31.2 Å². The number of esters is 2. The van der Waals surface area contributed by atoms with Gasteiger partial charge in [-0.05, 0) is 51.5 Å². The first-order valence-corrected chi connectivity index (χ1v) is 13.1. The number of aliphatic hydroxyl groups is 3. The molecule has 38 heavy (non-hydrogen) atoms. The maximum absolute atomic E-state index is 14.6. The van der Waals surface area contributed by atoms with Crippen LogP contribution in [0.4, 0.5) is 0 Å². The number of hydrogen-bond donors (Lipinski definition) is 3. The third-order valence-corrected chi connectivity index (χ3v) is 11.3. The molecule has 3 aliphatic carbocycles. The zero-order valence-corrected chi connectivity index (χ0v) is 21.4. The number of carbonyl (C=O) groups is 4. The van der Waals surface area contributed by atoms with Crippen LogP contribution in [-0.2, 0) is 33.4 Å². The van der Waals surface area contributed by atoms with Gasteiger partial charge < -0.3 is 29.5 Å². The molecule has 0 radical (unpaired) electrons. The van der Waals surface area contributed by atoms with Crippen molar-refractivity contribution in [1.29, 1.82) is 0 Å². The van der Waals surface area contributed by atoms with Crippen LogP contribution < -0.4 is 0 Å². The molecule has 0 aromatic carbocycles. The largest absolute Gasteiger partial charge is 0.455 e. The Bertz CT molecular complexity index is 1350. The maximum Gasteiger partial charge on any atom is 0.342 e. The van der Waals surface area contributed by atoms with Crippen molar-refractivity contribution in [2.75, 3.05) is 0 Å². The molecule has 0 amide bonds. The zero-order chi connectivity index (χ0) is 27.4. The average molecular weight is 527 g/mol. The molecule has 11 atom stereocenters. The lowest BCUT2D eigenvalue weighted by Gasteiger charge is -2.60. The molecule has 4 aliphatic heterocycles. The van der Waals surface area contributed by atoms with Crippen molar-refractivity contribution in [3.05, 3.63) is 36.0 Å². The fourth-order valence-corrected chi connectivity index (χ4v) is 9.26. The van der Waals surface area contributed by atoms with Gasteiger partial charge in [0.2, 0.25) is 5.79 Å². The van der Waals surface area contributed by atoms with Crippen LogP contribution in [0.15, 0.2) is 36.0 Å². The number of hydrogen-bond acceptors (Lipinski definition) is 10. The van der Waals surface area contributed by atoms with Gasteiger partial charge in [0.15, 0.2) is 28.4 Å². The number of allylic oxidation sites excluding steroid dienone is 3. The SMILES string of the molecule is C=C1C(=O)O[C@@H]2C[C@@]1(C)[C@@H]1C(=O)[C@]3(O)O[C@]14[C@@]2(C)OC(=O)[C@@]4(O)CC[C@H]1[C@H]3[C@H](O)C=C2CC=CC(=O)[C@@]21C. The topological polar surface area (TPSA) is 157 Å². The Labute approximate surface area is 218 Å². The molecule has 5 fully saturated rings. The molecule has 4 saturated heterocycles. The Morgan fingerprint density at radius 1 is 1.11 bits per heavy atom. The van der Waals surface area contributed by atoms with Crippen LogP contribution in [0.5, 0.6) is 0 Å². The van der Waals surface area contributed by atoms with Gasteiger partial charge in [0.25, 0.3) is 0 Å². The Balaban J connectivity index is 1.52. The fraction of sp³-hybridized carbons (Fsp3) is 0.643. The van der Waals surface area contributed by atoms with Crippen LogP contribution in [0.2, 0.25) is 0 Å². The van der Waals surface area contributed by atoms with Crippen molar-refractivity contribution in [2.24, 2.45) is 28.6 Å². The van der Waals surface area contributed by atoms with Gasteiger partial charge in [0.1, 0.15) is 6.10 Å². The van der Waals surface area contributed by atoms with Crippen LogP contribution in [0.25, 0.3) is 0 Å². The molecule has 1 spiro atoms. The molecule has 7 rings (SSSR count). The number of ketones is 2. The predicted molar refractivity (Wildman–Crippen MR) is 126 cm³/mol. The van der Waals surface area contributed by atoms with E-state index >= 15 is 0 Å². The summed E-state index contributed by atoms with van der Waals surface area (Å²) >= 11 is 0. The van der Waals surface area contributed by atoms with E-state index in [-0.39, 0.29) is 30.6 Å². The van der Waals surface area contributed by atoms with E-state index in [0.717, 1.165) is 0 Å². The van der Waals surface area contributed by atoms with Gasteiger partial charge in [-0.25, -0.2) is 9.59 Å². The Morgan fingerprint density at radius 2 is 1.82 bits per heavy atom. The number of fused-ring (bicyclic) bond motifs is 9. The van der Waals surface area contributed by atoms with Gasteiger partial charge >= 0.3 is 11.9 Å². The average Bonchev–Trinajstić information content (AvgIpc) is 3.19. The third kappa shape index (κ3) is 2.15. The second kappa shape index (κ2) is 6.55. The summed E-state index contributed by atoms with van der Waals surface area (Å²) in [5.74, 6) is -9.26. The summed E-state index contributed by atoms with van der Waals surface area (Å²) in [5.41, 5.74) is -8.34. The van der Waals surface area contributed by atoms with Gasteiger partial charge in [-0.15, -0.1) is 0 Å². The summed E-state index contributed by atoms with van der Waals surface area (Å²) in [7, 11) is 0. The van der Waals surface area contributed by atoms with Crippen LogP contribution in [0.3, 0.4) is 0 Å². The van der Waals surface area contributed by atoms with Gasteiger partial charge in [-0.2, -0.15) is 0 Å². The molecule has 10 nitrogen and oxygen atoms in total. The molecule has 0 aromatic heterocycles. The first-order valence-electron chi connectivity index (χ1n) is 13.1. The lowest BCUT2D eigenvalue weighted by Crippen LogP contribution is -2.77. The van der Waals surface area contributed by atoms with E-state index in [2.05, 4.69) is 6.58 Å². The second-order valence-electron chi connectivity index (χ2n) is 12.7. The highest BCUT2D eigenvalue weighted by molar-refractivity contribution is 6.02. The van der Waals surface area contributed by atoms with Crippen LogP contribution in [-0.4, -0.2) is 73.6 Å². The molecule has 7 aliphatic rings. The van der Waals surface area contributed by atoms with Gasteiger partial charge in [0.05, 0.1) is 23.4 Å². The summed E-state index contributed by atoms with van der Waals surface area (Å²) in [6.07, 6.45) is 2.38. The minimum Gasteiger partial charge on any atom is -0.455 e. The van der Waals surface area contributed by atoms with Gasteiger partial charge in [0, 0.05) is 11.0 Å². The first-order chi connectivity index (χ1) is 17.6. The highest BCUT2D eigenvalue weighted by Gasteiger charge is 2.92. The van der Waals surface area contributed by atoms with Crippen LogP contribution in [0, 0.1) is 28.6 Å². The summed E-state index contributed by atoms with van der Waals surface area (Å²) in [6, 6.07) is 0. The Hall–Kier alpha value is -2.66. The molecule has 3 N–H and O–H groups in total. The molecule has 0 aromatic rings. The summed E-state index contributed by atoms with van der Waals surface area (Å²) in [6.45, 7) is 8.65. The molecule has 4 bridgehead atoms. The second-order valence-corrected chi connectivity index (χ2v) is 12.7. The van der Waals surface area contributed by atoms with E-state index in [9.17, 15) is 34.5 Å². The molecule has 10 heteroatoms. The summed E-state index contributed by atoms with van der Waals surface area (Å²) in [5, 5.41) is 36.0. The monoisotopic (exact) mass is 526 g/mol. The quantitative estimate of drug-likeness (QED) is 0.230. The molecule has 202 valence electrons. The molecule has 4 heterocycles. The first kappa shape index (κ1) is 24.4. The number of ether oxygens (including phenoxy) is 3. The van der Waals surface area contributed by atoms with Crippen molar-refractivity contribution < 1.29 is 48.7 Å². The van der Waals surface area contributed by atoms with E-state index in [1.165, 1.54) is 19.1 Å². The number of rotatable bonds is 0. The maximum atomic E-state index is 14.6. The molecule has 0 unspecified atom stereocenters. The number of aliphatic hydroxyl groups excluding tert-OH is 1. The van der Waals surface area contributed by atoms with Crippen molar-refractivity contribution in [1.82, 2.24) is 0 Å². The van der Waals surface area contributed by atoms with Crippen LogP contribution in [0.1, 0.15) is 46.5 Å². The van der Waals surface area contributed by atoms with Crippen molar-refractivity contribution in [3.63, 3.8) is 0 Å². The van der Waals surface area contributed by atoms with Crippen molar-refractivity contribution in [2.45, 2.75) is 81.3 Å². The lowest BCUT2D eigenvalue weighted by molar-refractivity contribution is -0.344. The highest BCUT2D eigenvalue weighted by Crippen LogP contribution is 2.73. The Kier molecular flexibility index (Phi) is 4.20. The van der Waals surface area contributed by atoms with E-state index < -0.39 is 81.1 Å². The number of carbonyl (C=O) groups excluding carboxylic acids is 4. The van der Waals surface area contributed by atoms with E-state index in [1.807, 2.05) is 0 Å². The number of Topliss-reactive ketones (excluding diaryl/α,β-unsaturated/α-hetero) is 1. The minimum atomic E-state index is -2.71. The van der Waals surface area contributed by atoms with Crippen molar-refractivity contribution in [3.8, 4) is 0 Å². The molecule has 1 saturated carbocycles. The smallest absolute Gasteiger partial charge is 0.342 e. The van der Waals surface area contributed by atoms with E-state index in [0.29, 0.717) is 12.0 Å². The summed E-state index contributed by atoms with van der Waals surface area (Å²) < 4.78 is 17.8. The highest BCUT2D eigenvalue weighted by atomic mass is 16.7. The molecular formula is C28H30O10. The van der Waals surface area contributed by atoms with Gasteiger partial charge in [-0.3, -0.25) is 9.59 Å². The molecular weight excluding hydrogens is 496 g/mol. The lowest BCUT2D eigenvalue weighted by atomic mass is 9.47. The Morgan fingerprint density at radius 3 is 2.53 bits per heavy atom. The van der Waals surface area contributed by atoms with Crippen molar-refractivity contribution >= 4 is 23.5 Å². The normalized spacial score (nSPS) is 56.2. The third-order valence-electron chi connectivity index (χ3n) is 11.3. The summed E-state index contributed by atoms with van der Waals surface area (Å²) in [4.78, 5) is 54.4. The zero-order valence-electron chi connectivity index (χ0n) is 21.4. The standard InChI is InChI=1S/C28H30O10/c1-12-21(32)36-17-11-23(12,2)19-20(31)27(35)18-14(24(3)13(10-15(18)29)6-5-7-16(24)30)8-9-26(34)22(33)37-25(17,4)28(19,26)38-27/h5,7,10,14-15,17-19,29,34-35H,1,6,8-9,11H2,2-4H3/t14-,15+,17+,18-,19-,23+,24-,25-,26-,27+,28-/m0/s1. The van der Waals surface area contributed by atoms with E-state index in [4.69, 9.17) is 14.2 Å². The minimum absolute atomic E-state index is 0.00631. The van der Waals surface area contributed by atoms with E-state index in [1.54, 1.807) is 19.9 Å². The predicted octanol–water partition coefficient (Wildman–Crippen LogP) is 0.430. The van der Waals surface area contributed by atoms with Crippen LogP contribution >= 0.6 is 0 Å².